The molecule has 0 spiro atoms. The van der Waals surface area contributed by atoms with Crippen LogP contribution in [0.2, 0.25) is 10.0 Å². The van der Waals surface area contributed by atoms with Gasteiger partial charge in [-0.15, -0.1) is 0 Å². The first-order valence-corrected chi connectivity index (χ1v) is 5.86. The quantitative estimate of drug-likeness (QED) is 0.865. The highest BCUT2D eigenvalue weighted by Gasteiger charge is 2.11. The summed E-state index contributed by atoms with van der Waals surface area (Å²) in [7, 11) is 0. The van der Waals surface area contributed by atoms with Crippen molar-refractivity contribution < 1.29 is 4.79 Å². The summed E-state index contributed by atoms with van der Waals surface area (Å²) < 4.78 is 0. The highest BCUT2D eigenvalue weighted by Crippen LogP contribution is 2.28. The van der Waals surface area contributed by atoms with Gasteiger partial charge in [0.25, 0.3) is 0 Å². The molecule has 0 saturated carbocycles. The molecule has 1 aliphatic carbocycles. The molecule has 1 aliphatic rings. The number of allylic oxidation sites excluding steroid dienone is 2. The Bertz CT molecular complexity index is 454. The topological polar surface area (TPSA) is 29.1 Å². The fourth-order valence-electron chi connectivity index (χ4n) is 1.66. The Hall–Kier alpha value is -0.990. The van der Waals surface area contributed by atoms with Crippen LogP contribution in [-0.2, 0) is 4.79 Å². The van der Waals surface area contributed by atoms with E-state index in [4.69, 9.17) is 23.2 Å². The number of benzene rings is 1. The van der Waals surface area contributed by atoms with Crippen LogP contribution in [0.25, 0.3) is 0 Å². The molecule has 16 heavy (non-hydrogen) atoms. The standard InChI is InChI=1S/C12H11Cl2NO/c13-8-4-5-11(14)12(6-8)15-9-2-1-3-10(16)7-9/h4-7,15H,1-3H2. The van der Waals surface area contributed by atoms with Crippen LogP contribution in [0.1, 0.15) is 19.3 Å². The first kappa shape index (κ1) is 11.5. The lowest BCUT2D eigenvalue weighted by molar-refractivity contribution is -0.115. The minimum absolute atomic E-state index is 0.159. The highest BCUT2D eigenvalue weighted by atomic mass is 35.5. The normalized spacial score (nSPS) is 15.9. The van der Waals surface area contributed by atoms with Crippen molar-refractivity contribution in [2.45, 2.75) is 19.3 Å². The van der Waals surface area contributed by atoms with Crippen molar-refractivity contribution in [1.29, 1.82) is 0 Å². The molecule has 2 nitrogen and oxygen atoms in total. The molecular weight excluding hydrogens is 245 g/mol. The van der Waals surface area contributed by atoms with Gasteiger partial charge in [-0.2, -0.15) is 0 Å². The minimum atomic E-state index is 0.159. The van der Waals surface area contributed by atoms with Crippen molar-refractivity contribution in [3.8, 4) is 0 Å². The van der Waals surface area contributed by atoms with E-state index >= 15 is 0 Å². The largest absolute Gasteiger partial charge is 0.358 e. The maximum absolute atomic E-state index is 11.2. The maximum Gasteiger partial charge on any atom is 0.157 e. The molecule has 0 aromatic heterocycles. The van der Waals surface area contributed by atoms with Crippen LogP contribution >= 0.6 is 23.2 Å². The van der Waals surface area contributed by atoms with Gasteiger partial charge in [0.15, 0.2) is 5.78 Å². The Kier molecular flexibility index (Phi) is 3.52. The summed E-state index contributed by atoms with van der Waals surface area (Å²) in [6.07, 6.45) is 4.03. The van der Waals surface area contributed by atoms with E-state index in [-0.39, 0.29) is 5.78 Å². The van der Waals surface area contributed by atoms with E-state index in [0.29, 0.717) is 16.5 Å². The van der Waals surface area contributed by atoms with Crippen LogP contribution in [0.4, 0.5) is 5.69 Å². The molecule has 0 fully saturated rings. The maximum atomic E-state index is 11.2. The molecule has 0 saturated heterocycles. The summed E-state index contributed by atoms with van der Waals surface area (Å²) in [5.41, 5.74) is 1.65. The first-order valence-electron chi connectivity index (χ1n) is 5.10. The first-order chi connectivity index (χ1) is 7.65. The van der Waals surface area contributed by atoms with E-state index in [1.165, 1.54) is 0 Å². The highest BCUT2D eigenvalue weighted by molar-refractivity contribution is 6.35. The molecule has 1 N–H and O–H groups in total. The number of ketones is 1. The number of hydrogen-bond acceptors (Lipinski definition) is 2. The molecule has 0 bridgehead atoms. The van der Waals surface area contributed by atoms with Crippen molar-refractivity contribution in [2.24, 2.45) is 0 Å². The lowest BCUT2D eigenvalue weighted by Gasteiger charge is -2.15. The molecule has 0 aliphatic heterocycles. The third-order valence-corrected chi connectivity index (χ3v) is 2.99. The minimum Gasteiger partial charge on any atom is -0.358 e. The summed E-state index contributed by atoms with van der Waals surface area (Å²) in [5, 5.41) is 4.36. The summed E-state index contributed by atoms with van der Waals surface area (Å²) >= 11 is 11.9. The second-order valence-electron chi connectivity index (χ2n) is 3.74. The van der Waals surface area contributed by atoms with Gasteiger partial charge in [0, 0.05) is 23.2 Å². The van der Waals surface area contributed by atoms with Crippen LogP contribution in [-0.4, -0.2) is 5.78 Å². The predicted molar refractivity (Wildman–Crippen MR) is 67.0 cm³/mol. The van der Waals surface area contributed by atoms with Gasteiger partial charge in [-0.25, -0.2) is 0 Å². The average molecular weight is 256 g/mol. The van der Waals surface area contributed by atoms with Crippen LogP contribution in [0.5, 0.6) is 0 Å². The zero-order valence-electron chi connectivity index (χ0n) is 8.59. The predicted octanol–water partition coefficient (Wildman–Crippen LogP) is 4.04. The monoisotopic (exact) mass is 255 g/mol. The lowest BCUT2D eigenvalue weighted by atomic mass is 10.0. The molecule has 2 rings (SSSR count). The molecule has 0 unspecified atom stereocenters. The van der Waals surface area contributed by atoms with Crippen molar-refractivity contribution in [3.05, 3.63) is 40.0 Å². The van der Waals surface area contributed by atoms with Crippen LogP contribution in [0.15, 0.2) is 30.0 Å². The average Bonchev–Trinajstić information content (AvgIpc) is 2.24. The van der Waals surface area contributed by atoms with Crippen molar-refractivity contribution in [3.63, 3.8) is 0 Å². The number of nitrogens with one attached hydrogen (secondary N) is 1. The van der Waals surface area contributed by atoms with E-state index in [2.05, 4.69) is 5.32 Å². The third kappa shape index (κ3) is 2.77. The number of hydrogen-bond donors (Lipinski definition) is 1. The number of rotatable bonds is 2. The van der Waals surface area contributed by atoms with Gasteiger partial charge in [-0.1, -0.05) is 23.2 Å². The summed E-state index contributed by atoms with van der Waals surface area (Å²) in [6.45, 7) is 0. The molecule has 0 heterocycles. The molecule has 1 aromatic rings. The second kappa shape index (κ2) is 4.89. The number of carbonyl (C=O) groups is 1. The molecule has 1 aromatic carbocycles. The van der Waals surface area contributed by atoms with E-state index in [1.807, 2.05) is 0 Å². The van der Waals surface area contributed by atoms with Gasteiger partial charge in [0.05, 0.1) is 10.7 Å². The summed E-state index contributed by atoms with van der Waals surface area (Å²) in [4.78, 5) is 11.2. The smallest absolute Gasteiger partial charge is 0.157 e. The van der Waals surface area contributed by atoms with E-state index < -0.39 is 0 Å². The Balaban J connectivity index is 2.20. The van der Waals surface area contributed by atoms with Crippen molar-refractivity contribution in [2.75, 3.05) is 5.32 Å². The Labute approximate surface area is 104 Å². The third-order valence-electron chi connectivity index (χ3n) is 2.43. The van der Waals surface area contributed by atoms with Gasteiger partial charge >= 0.3 is 0 Å². The molecule has 0 radical (unpaired) electrons. The van der Waals surface area contributed by atoms with Crippen molar-refractivity contribution >= 4 is 34.7 Å². The van der Waals surface area contributed by atoms with Gasteiger partial charge in [0.2, 0.25) is 0 Å². The molecule has 0 amide bonds. The molecule has 84 valence electrons. The number of carbonyl (C=O) groups excluding carboxylic acids is 1. The Morgan fingerprint density at radius 3 is 2.75 bits per heavy atom. The fourth-order valence-corrected chi connectivity index (χ4v) is 1.99. The van der Waals surface area contributed by atoms with Crippen LogP contribution in [0.3, 0.4) is 0 Å². The number of anilines is 1. The SMILES string of the molecule is O=C1C=C(Nc2cc(Cl)ccc2Cl)CCC1. The van der Waals surface area contributed by atoms with Gasteiger partial charge < -0.3 is 5.32 Å². The van der Waals surface area contributed by atoms with Gasteiger partial charge in [-0.3, -0.25) is 4.79 Å². The molecule has 0 atom stereocenters. The summed E-state index contributed by atoms with van der Waals surface area (Å²) in [5.74, 6) is 0.159. The van der Waals surface area contributed by atoms with E-state index in [0.717, 1.165) is 24.2 Å². The van der Waals surface area contributed by atoms with Crippen LogP contribution < -0.4 is 5.32 Å². The second-order valence-corrected chi connectivity index (χ2v) is 4.58. The van der Waals surface area contributed by atoms with Crippen molar-refractivity contribution in [1.82, 2.24) is 0 Å². The Morgan fingerprint density at radius 2 is 2.00 bits per heavy atom. The van der Waals surface area contributed by atoms with E-state index in [9.17, 15) is 4.79 Å². The summed E-state index contributed by atoms with van der Waals surface area (Å²) in [6, 6.07) is 5.22. The van der Waals surface area contributed by atoms with E-state index in [1.54, 1.807) is 24.3 Å². The fraction of sp³-hybridized carbons (Fsp3) is 0.250. The Morgan fingerprint density at radius 1 is 1.19 bits per heavy atom. The zero-order chi connectivity index (χ0) is 11.5. The van der Waals surface area contributed by atoms with Gasteiger partial charge in [-0.05, 0) is 31.0 Å². The van der Waals surface area contributed by atoms with Crippen LogP contribution in [0, 0.1) is 0 Å². The molecule has 4 heteroatoms. The molecular formula is C12H11Cl2NO. The van der Waals surface area contributed by atoms with Gasteiger partial charge in [0.1, 0.15) is 0 Å². The lowest BCUT2D eigenvalue weighted by Crippen LogP contribution is -2.09. The zero-order valence-corrected chi connectivity index (χ0v) is 10.1. The number of halogens is 2.